The molecule has 33 heavy (non-hydrogen) atoms. The number of ether oxygens (including phenoxy) is 1. The summed E-state index contributed by atoms with van der Waals surface area (Å²) < 4.78 is 7.71. The van der Waals surface area contributed by atoms with Crippen LogP contribution in [0.4, 0.5) is 5.69 Å². The summed E-state index contributed by atoms with van der Waals surface area (Å²) in [5.41, 5.74) is 6.43. The van der Waals surface area contributed by atoms with Gasteiger partial charge in [-0.25, -0.2) is 9.98 Å². The molecule has 0 saturated carbocycles. The minimum absolute atomic E-state index is 0.338. The average molecular weight is 442 g/mol. The van der Waals surface area contributed by atoms with E-state index in [1.165, 1.54) is 16.8 Å². The van der Waals surface area contributed by atoms with E-state index in [9.17, 15) is 0 Å². The zero-order valence-electron chi connectivity index (χ0n) is 20.0. The van der Waals surface area contributed by atoms with Crippen LogP contribution < -0.4 is 9.75 Å². The first-order valence-corrected chi connectivity index (χ1v) is 11.5. The predicted octanol–water partition coefficient (Wildman–Crippen LogP) is 5.55. The van der Waals surface area contributed by atoms with Crippen molar-refractivity contribution < 1.29 is 4.74 Å². The minimum Gasteiger partial charge on any atom is -0.495 e. The summed E-state index contributed by atoms with van der Waals surface area (Å²) in [4.78, 5) is 9.51. The fraction of sp³-hybridized carbons (Fsp3) is 0.333. The number of hydrogen-bond acceptors (Lipinski definition) is 5. The van der Waals surface area contributed by atoms with Crippen molar-refractivity contribution in [2.45, 2.75) is 46.2 Å². The number of anilines is 1. The number of benzene rings is 2. The van der Waals surface area contributed by atoms with Crippen molar-refractivity contribution in [3.63, 3.8) is 0 Å². The molecule has 2 aliphatic rings. The molecule has 1 saturated heterocycles. The standard InChI is InChI=1S/C27H31N5O/c1-19-8-11-23(12-9-19)32-27(3,4)29-26-22(7-6-14-31(26)32)15-21-10-13-24(25(16-21)33-5)30-17-20(2)28-18-30/h8-13,15-18H,6-7,14H2,1-5H3. The van der Waals surface area contributed by atoms with Gasteiger partial charge in [0.2, 0.25) is 0 Å². The van der Waals surface area contributed by atoms with Gasteiger partial charge in [0, 0.05) is 12.7 Å². The number of hydrazine groups is 1. The van der Waals surface area contributed by atoms with E-state index in [-0.39, 0.29) is 5.66 Å². The molecule has 6 nitrogen and oxygen atoms in total. The maximum Gasteiger partial charge on any atom is 0.148 e. The lowest BCUT2D eigenvalue weighted by molar-refractivity contribution is 0.316. The average Bonchev–Trinajstić information content (AvgIpc) is 3.34. The summed E-state index contributed by atoms with van der Waals surface area (Å²) in [5, 5.41) is 4.68. The van der Waals surface area contributed by atoms with E-state index in [4.69, 9.17) is 9.73 Å². The predicted molar refractivity (Wildman–Crippen MR) is 134 cm³/mol. The first-order chi connectivity index (χ1) is 15.9. The third kappa shape index (κ3) is 3.90. The van der Waals surface area contributed by atoms with Gasteiger partial charge in [0.25, 0.3) is 0 Å². The van der Waals surface area contributed by atoms with Crippen molar-refractivity contribution in [1.29, 1.82) is 0 Å². The van der Waals surface area contributed by atoms with E-state index in [2.05, 4.69) is 84.3 Å². The van der Waals surface area contributed by atoms with Crippen LogP contribution in [-0.4, -0.2) is 39.7 Å². The first kappa shape index (κ1) is 21.3. The molecular formula is C27H31N5O. The third-order valence-electron chi connectivity index (χ3n) is 6.30. The van der Waals surface area contributed by atoms with Crippen LogP contribution in [0.3, 0.4) is 0 Å². The molecule has 0 atom stereocenters. The second kappa shape index (κ2) is 8.10. The smallest absolute Gasteiger partial charge is 0.148 e. The minimum atomic E-state index is -0.338. The Hall–Kier alpha value is -3.54. The second-order valence-electron chi connectivity index (χ2n) is 9.33. The van der Waals surface area contributed by atoms with E-state index < -0.39 is 0 Å². The zero-order chi connectivity index (χ0) is 23.2. The quantitative estimate of drug-likeness (QED) is 0.533. The lowest BCUT2D eigenvalue weighted by Gasteiger charge is -2.41. The monoisotopic (exact) mass is 441 g/mol. The molecule has 2 aromatic carbocycles. The van der Waals surface area contributed by atoms with E-state index in [1.807, 2.05) is 24.0 Å². The molecule has 6 heteroatoms. The van der Waals surface area contributed by atoms with Gasteiger partial charge in [-0.15, -0.1) is 0 Å². The van der Waals surface area contributed by atoms with Crippen LogP contribution in [0.25, 0.3) is 11.8 Å². The van der Waals surface area contributed by atoms with Gasteiger partial charge in [0.05, 0.1) is 30.5 Å². The fourth-order valence-electron chi connectivity index (χ4n) is 4.76. The molecule has 2 aliphatic heterocycles. The summed E-state index contributed by atoms with van der Waals surface area (Å²) in [5.74, 6) is 1.89. The number of aromatic nitrogens is 2. The van der Waals surface area contributed by atoms with Crippen LogP contribution in [-0.2, 0) is 0 Å². The molecule has 1 aromatic heterocycles. The zero-order valence-corrected chi connectivity index (χ0v) is 20.0. The molecule has 0 radical (unpaired) electrons. The molecule has 0 N–H and O–H groups in total. The summed E-state index contributed by atoms with van der Waals surface area (Å²) in [7, 11) is 1.71. The molecule has 0 amide bonds. The second-order valence-corrected chi connectivity index (χ2v) is 9.33. The number of aryl methyl sites for hydroxylation is 2. The summed E-state index contributed by atoms with van der Waals surface area (Å²) in [6.45, 7) is 9.44. The number of fused-ring (bicyclic) bond motifs is 1. The molecule has 0 unspecified atom stereocenters. The number of methoxy groups -OCH3 is 1. The van der Waals surface area contributed by atoms with Crippen molar-refractivity contribution in [2.24, 2.45) is 4.99 Å². The number of nitrogens with zero attached hydrogens (tertiary/aromatic N) is 5. The largest absolute Gasteiger partial charge is 0.495 e. The Morgan fingerprint density at radius 3 is 2.55 bits per heavy atom. The van der Waals surface area contributed by atoms with E-state index in [0.29, 0.717) is 0 Å². The highest BCUT2D eigenvalue weighted by Gasteiger charge is 2.42. The van der Waals surface area contributed by atoms with Crippen molar-refractivity contribution in [1.82, 2.24) is 14.6 Å². The Kier molecular flexibility index (Phi) is 5.23. The lowest BCUT2D eigenvalue weighted by atomic mass is 10.0. The molecule has 3 heterocycles. The van der Waals surface area contributed by atoms with E-state index in [0.717, 1.165) is 47.9 Å². The van der Waals surface area contributed by atoms with Gasteiger partial charge in [-0.05, 0) is 82.0 Å². The maximum atomic E-state index is 5.72. The van der Waals surface area contributed by atoms with Gasteiger partial charge in [-0.3, -0.25) is 10.0 Å². The molecule has 3 aromatic rings. The lowest BCUT2D eigenvalue weighted by Crippen LogP contribution is -2.51. The number of amidine groups is 1. The van der Waals surface area contributed by atoms with Gasteiger partial charge in [0.1, 0.15) is 17.2 Å². The van der Waals surface area contributed by atoms with E-state index >= 15 is 0 Å². The van der Waals surface area contributed by atoms with Gasteiger partial charge < -0.3 is 9.30 Å². The molecule has 1 fully saturated rings. The molecule has 5 rings (SSSR count). The Bertz CT molecular complexity index is 1240. The molecule has 0 aliphatic carbocycles. The highest BCUT2D eigenvalue weighted by molar-refractivity contribution is 6.05. The molecule has 0 bridgehead atoms. The van der Waals surface area contributed by atoms with Crippen molar-refractivity contribution >= 4 is 17.6 Å². The number of imidazole rings is 1. The van der Waals surface area contributed by atoms with Crippen molar-refractivity contribution in [3.8, 4) is 11.4 Å². The fourth-order valence-corrected chi connectivity index (χ4v) is 4.76. The number of hydrogen-bond donors (Lipinski definition) is 0. The van der Waals surface area contributed by atoms with E-state index in [1.54, 1.807) is 7.11 Å². The molecule has 170 valence electrons. The van der Waals surface area contributed by atoms with Gasteiger partial charge in [-0.2, -0.15) is 0 Å². The maximum absolute atomic E-state index is 5.72. The van der Waals surface area contributed by atoms with Crippen LogP contribution in [0.5, 0.6) is 5.75 Å². The highest BCUT2D eigenvalue weighted by Crippen LogP contribution is 2.38. The first-order valence-electron chi connectivity index (χ1n) is 11.5. The topological polar surface area (TPSA) is 45.9 Å². The van der Waals surface area contributed by atoms with Crippen LogP contribution in [0, 0.1) is 13.8 Å². The van der Waals surface area contributed by atoms with Crippen LogP contribution in [0.15, 0.2) is 65.6 Å². The number of piperidine rings is 1. The Balaban J connectivity index is 1.49. The summed E-state index contributed by atoms with van der Waals surface area (Å²) in [6.07, 6.45) is 8.18. The van der Waals surface area contributed by atoms with Gasteiger partial charge >= 0.3 is 0 Å². The Morgan fingerprint density at radius 1 is 1.06 bits per heavy atom. The van der Waals surface area contributed by atoms with Crippen LogP contribution in [0.1, 0.15) is 43.5 Å². The number of aliphatic imine (C=N–C) groups is 1. The Labute approximate surface area is 195 Å². The van der Waals surface area contributed by atoms with Crippen molar-refractivity contribution in [2.75, 3.05) is 18.7 Å². The molecule has 0 spiro atoms. The summed E-state index contributed by atoms with van der Waals surface area (Å²) in [6, 6.07) is 15.0. The van der Waals surface area contributed by atoms with Gasteiger partial charge in [0.15, 0.2) is 0 Å². The SMILES string of the molecule is COc1cc(C=C2CCCN3C2=NC(C)(C)N3c2ccc(C)cc2)ccc1-n1cnc(C)c1. The Morgan fingerprint density at radius 2 is 1.85 bits per heavy atom. The van der Waals surface area contributed by atoms with Crippen molar-refractivity contribution in [3.05, 3.63) is 77.4 Å². The van der Waals surface area contributed by atoms with Crippen LogP contribution in [0.2, 0.25) is 0 Å². The number of rotatable bonds is 4. The normalized spacial score (nSPS) is 18.5. The van der Waals surface area contributed by atoms with Gasteiger partial charge in [-0.1, -0.05) is 23.8 Å². The highest BCUT2D eigenvalue weighted by atomic mass is 16.5. The summed E-state index contributed by atoms with van der Waals surface area (Å²) >= 11 is 0. The molecular weight excluding hydrogens is 410 g/mol. The third-order valence-corrected chi connectivity index (χ3v) is 6.30. The van der Waals surface area contributed by atoms with Crippen LogP contribution >= 0.6 is 0 Å².